The summed E-state index contributed by atoms with van der Waals surface area (Å²) >= 11 is 0. The van der Waals surface area contributed by atoms with E-state index in [0.29, 0.717) is 0 Å². The van der Waals surface area contributed by atoms with E-state index in [1.807, 2.05) is 0 Å². The predicted octanol–water partition coefficient (Wildman–Crippen LogP) is 1.27. The molecule has 0 fully saturated rings. The normalized spacial score (nSPS) is 11.5. The molecule has 76 valence electrons. The lowest BCUT2D eigenvalue weighted by atomic mass is 10.4. The molecule has 0 heterocycles. The van der Waals surface area contributed by atoms with Crippen LogP contribution in [0.15, 0.2) is 0 Å². The van der Waals surface area contributed by atoms with Crippen molar-refractivity contribution >= 4 is 11.9 Å². The van der Waals surface area contributed by atoms with Gasteiger partial charge >= 0.3 is 18.1 Å². The SMILES string of the molecule is O=C(CC(F)F)OC(=O)C(F)(F)F. The highest BCUT2D eigenvalue weighted by molar-refractivity contribution is 5.88. The predicted molar refractivity (Wildman–Crippen MR) is 27.8 cm³/mol. The Labute approximate surface area is 68.5 Å². The van der Waals surface area contributed by atoms with Gasteiger partial charge in [-0.2, -0.15) is 13.2 Å². The number of ether oxygens (including phenoxy) is 1. The Hall–Kier alpha value is -1.21. The number of carbonyl (C=O) groups excluding carboxylic acids is 2. The van der Waals surface area contributed by atoms with E-state index in [1.54, 1.807) is 0 Å². The fourth-order valence-electron chi connectivity index (χ4n) is 0.329. The number of hydrogen-bond donors (Lipinski definition) is 0. The summed E-state index contributed by atoms with van der Waals surface area (Å²) in [6.45, 7) is 0. The Kier molecular flexibility index (Phi) is 3.76. The van der Waals surface area contributed by atoms with E-state index in [4.69, 9.17) is 0 Å². The van der Waals surface area contributed by atoms with E-state index in [0.717, 1.165) is 0 Å². The molecule has 0 aromatic heterocycles. The average Bonchev–Trinajstić information content (AvgIpc) is 1.82. The summed E-state index contributed by atoms with van der Waals surface area (Å²) in [4.78, 5) is 19.9. The standard InChI is InChI=1S/C5H3F5O3/c6-2(7)1-3(11)13-4(12)5(8,9)10/h2H,1H2. The second-order valence-corrected chi connectivity index (χ2v) is 1.85. The van der Waals surface area contributed by atoms with Gasteiger partial charge in [-0.1, -0.05) is 0 Å². The highest BCUT2D eigenvalue weighted by Gasteiger charge is 2.42. The van der Waals surface area contributed by atoms with E-state index < -0.39 is 31.0 Å². The van der Waals surface area contributed by atoms with Gasteiger partial charge < -0.3 is 4.74 Å². The third kappa shape index (κ3) is 5.10. The van der Waals surface area contributed by atoms with Gasteiger partial charge in [-0.25, -0.2) is 13.6 Å². The van der Waals surface area contributed by atoms with Crippen LogP contribution in [-0.2, 0) is 14.3 Å². The molecule has 0 aromatic rings. The lowest BCUT2D eigenvalue weighted by molar-refractivity contribution is -0.202. The van der Waals surface area contributed by atoms with Gasteiger partial charge in [0.1, 0.15) is 6.42 Å². The lowest BCUT2D eigenvalue weighted by Crippen LogP contribution is -2.28. The Morgan fingerprint density at radius 3 is 2.00 bits per heavy atom. The van der Waals surface area contributed by atoms with Crippen LogP contribution in [0.3, 0.4) is 0 Å². The van der Waals surface area contributed by atoms with E-state index in [-0.39, 0.29) is 0 Å². The maximum absolute atomic E-state index is 11.3. The van der Waals surface area contributed by atoms with Crippen molar-refractivity contribution in [2.24, 2.45) is 0 Å². The zero-order valence-corrected chi connectivity index (χ0v) is 5.90. The largest absolute Gasteiger partial charge is 0.491 e. The summed E-state index contributed by atoms with van der Waals surface area (Å²) in [5, 5.41) is 0. The fraction of sp³-hybridized carbons (Fsp3) is 0.600. The molecule has 0 amide bonds. The van der Waals surface area contributed by atoms with Crippen LogP contribution >= 0.6 is 0 Å². The molecular weight excluding hydrogens is 203 g/mol. The van der Waals surface area contributed by atoms with Crippen molar-refractivity contribution in [3.8, 4) is 0 Å². The zero-order chi connectivity index (χ0) is 10.6. The second-order valence-electron chi connectivity index (χ2n) is 1.85. The van der Waals surface area contributed by atoms with Crippen LogP contribution in [0.25, 0.3) is 0 Å². The number of esters is 2. The number of carbonyl (C=O) groups is 2. The molecule has 3 nitrogen and oxygen atoms in total. The number of alkyl halides is 5. The van der Waals surface area contributed by atoms with E-state index in [9.17, 15) is 31.5 Å². The fourth-order valence-corrected chi connectivity index (χ4v) is 0.329. The Balaban J connectivity index is 4.01. The summed E-state index contributed by atoms with van der Waals surface area (Å²) in [5.74, 6) is -4.70. The Morgan fingerprint density at radius 2 is 1.69 bits per heavy atom. The van der Waals surface area contributed by atoms with Gasteiger partial charge in [0.25, 0.3) is 0 Å². The number of halogens is 5. The van der Waals surface area contributed by atoms with Crippen molar-refractivity contribution in [2.45, 2.75) is 19.0 Å². The molecule has 0 radical (unpaired) electrons. The highest BCUT2D eigenvalue weighted by Crippen LogP contribution is 2.17. The molecule has 0 aliphatic carbocycles. The smallest absolute Gasteiger partial charge is 0.386 e. The van der Waals surface area contributed by atoms with Crippen LogP contribution in [-0.4, -0.2) is 24.5 Å². The average molecular weight is 206 g/mol. The molecule has 0 unspecified atom stereocenters. The molecule has 0 spiro atoms. The van der Waals surface area contributed by atoms with Crippen molar-refractivity contribution in [2.75, 3.05) is 0 Å². The first kappa shape index (κ1) is 11.8. The summed E-state index contributed by atoms with van der Waals surface area (Å²) in [5.41, 5.74) is 0. The summed E-state index contributed by atoms with van der Waals surface area (Å²) in [7, 11) is 0. The molecule has 0 aliphatic heterocycles. The first-order valence-corrected chi connectivity index (χ1v) is 2.83. The second kappa shape index (κ2) is 4.15. The molecule has 0 aromatic carbocycles. The third-order valence-corrected chi connectivity index (χ3v) is 0.759. The van der Waals surface area contributed by atoms with E-state index in [2.05, 4.69) is 4.74 Å². The maximum Gasteiger partial charge on any atom is 0.491 e. The molecule has 0 saturated heterocycles. The van der Waals surface area contributed by atoms with Crippen LogP contribution in [0.4, 0.5) is 22.0 Å². The minimum Gasteiger partial charge on any atom is -0.386 e. The Morgan fingerprint density at radius 1 is 1.23 bits per heavy atom. The van der Waals surface area contributed by atoms with Gasteiger partial charge in [-0.3, -0.25) is 4.79 Å². The third-order valence-electron chi connectivity index (χ3n) is 0.759. The molecular formula is C5H3F5O3. The molecule has 0 N–H and O–H groups in total. The number of rotatable bonds is 2. The first-order chi connectivity index (χ1) is 5.73. The van der Waals surface area contributed by atoms with Crippen molar-refractivity contribution in [1.82, 2.24) is 0 Å². The maximum atomic E-state index is 11.3. The van der Waals surface area contributed by atoms with Crippen molar-refractivity contribution in [1.29, 1.82) is 0 Å². The number of hydrogen-bond acceptors (Lipinski definition) is 3. The van der Waals surface area contributed by atoms with Crippen LogP contribution < -0.4 is 0 Å². The lowest BCUT2D eigenvalue weighted by Gasteiger charge is -2.04. The quantitative estimate of drug-likeness (QED) is 0.388. The zero-order valence-electron chi connectivity index (χ0n) is 5.90. The van der Waals surface area contributed by atoms with Gasteiger partial charge in [0.2, 0.25) is 6.43 Å². The van der Waals surface area contributed by atoms with Crippen LogP contribution in [0.1, 0.15) is 6.42 Å². The highest BCUT2D eigenvalue weighted by atomic mass is 19.4. The van der Waals surface area contributed by atoms with Gasteiger partial charge in [-0.15, -0.1) is 0 Å². The minimum absolute atomic E-state index is 1.54. The molecule has 0 bridgehead atoms. The van der Waals surface area contributed by atoms with Crippen LogP contribution in [0.5, 0.6) is 0 Å². The summed E-state index contributed by atoms with van der Waals surface area (Å²) in [6, 6.07) is 0. The summed E-state index contributed by atoms with van der Waals surface area (Å²) < 4.78 is 59.7. The Bertz CT molecular complexity index is 209. The van der Waals surface area contributed by atoms with Crippen molar-refractivity contribution < 1.29 is 36.3 Å². The van der Waals surface area contributed by atoms with E-state index in [1.165, 1.54) is 0 Å². The van der Waals surface area contributed by atoms with Gasteiger partial charge in [-0.05, 0) is 0 Å². The van der Waals surface area contributed by atoms with Gasteiger partial charge in [0.05, 0.1) is 0 Å². The molecule has 0 atom stereocenters. The molecule has 0 rings (SSSR count). The van der Waals surface area contributed by atoms with Crippen molar-refractivity contribution in [3.63, 3.8) is 0 Å². The van der Waals surface area contributed by atoms with Crippen LogP contribution in [0, 0.1) is 0 Å². The monoisotopic (exact) mass is 206 g/mol. The summed E-state index contributed by atoms with van der Waals surface area (Å²) in [6.07, 6.45) is -10.0. The van der Waals surface area contributed by atoms with Crippen molar-refractivity contribution in [3.05, 3.63) is 0 Å². The molecule has 8 heteroatoms. The first-order valence-electron chi connectivity index (χ1n) is 2.83. The van der Waals surface area contributed by atoms with E-state index >= 15 is 0 Å². The van der Waals surface area contributed by atoms with Gasteiger partial charge in [0, 0.05) is 0 Å². The minimum atomic E-state index is -5.35. The molecule has 13 heavy (non-hydrogen) atoms. The topological polar surface area (TPSA) is 43.4 Å². The molecule has 0 aliphatic rings. The van der Waals surface area contributed by atoms with Gasteiger partial charge in [0.15, 0.2) is 0 Å². The molecule has 0 saturated carbocycles. The van der Waals surface area contributed by atoms with Crippen LogP contribution in [0.2, 0.25) is 0 Å².